The van der Waals surface area contributed by atoms with Gasteiger partial charge < -0.3 is 0 Å². The first-order valence-corrected chi connectivity index (χ1v) is 6.17. The Morgan fingerprint density at radius 3 is 2.38 bits per heavy atom. The molecule has 0 saturated heterocycles. The highest BCUT2D eigenvalue weighted by molar-refractivity contribution is 7.90. The Morgan fingerprint density at radius 2 is 2.00 bits per heavy atom. The van der Waals surface area contributed by atoms with E-state index < -0.39 is 20.4 Å². The summed E-state index contributed by atoms with van der Waals surface area (Å²) in [6.07, 6.45) is 1.11. The Hall–Kier alpha value is -1.47. The van der Waals surface area contributed by atoms with Crippen molar-refractivity contribution in [3.05, 3.63) is 32.8 Å². The molecule has 0 aromatic heterocycles. The lowest BCUT2D eigenvalue weighted by molar-refractivity contribution is -0.385. The standard InChI is InChI=1S/C8H6ClNO5S/c1-16(14,15)5-2-7(9)6(4-11)8(3-5)10(12)13/h2-4H,1H3. The number of hydrogen-bond donors (Lipinski definition) is 0. The van der Waals surface area contributed by atoms with Gasteiger partial charge in [0.2, 0.25) is 0 Å². The molecule has 0 saturated carbocycles. The summed E-state index contributed by atoms with van der Waals surface area (Å²) < 4.78 is 22.4. The highest BCUT2D eigenvalue weighted by Crippen LogP contribution is 2.28. The van der Waals surface area contributed by atoms with Gasteiger partial charge in [0, 0.05) is 12.3 Å². The van der Waals surface area contributed by atoms with E-state index in [2.05, 4.69) is 0 Å². The number of nitrogens with zero attached hydrogens (tertiary/aromatic N) is 1. The third kappa shape index (κ3) is 2.37. The van der Waals surface area contributed by atoms with Gasteiger partial charge in [0.1, 0.15) is 5.56 Å². The van der Waals surface area contributed by atoms with Crippen LogP contribution in [0.5, 0.6) is 0 Å². The summed E-state index contributed by atoms with van der Waals surface area (Å²) in [7, 11) is -3.61. The maximum Gasteiger partial charge on any atom is 0.282 e. The van der Waals surface area contributed by atoms with Crippen molar-refractivity contribution in [3.8, 4) is 0 Å². The lowest BCUT2D eigenvalue weighted by atomic mass is 10.2. The molecule has 0 heterocycles. The van der Waals surface area contributed by atoms with E-state index in [1.807, 2.05) is 0 Å². The Bertz CT molecular complexity index is 566. The van der Waals surface area contributed by atoms with Gasteiger partial charge >= 0.3 is 0 Å². The predicted molar refractivity (Wildman–Crippen MR) is 56.6 cm³/mol. The number of benzene rings is 1. The first-order valence-electron chi connectivity index (χ1n) is 3.90. The molecule has 8 heteroatoms. The van der Waals surface area contributed by atoms with Gasteiger partial charge in [-0.25, -0.2) is 8.42 Å². The molecule has 0 bridgehead atoms. The van der Waals surface area contributed by atoms with Gasteiger partial charge in [0.25, 0.3) is 5.69 Å². The minimum Gasteiger partial charge on any atom is -0.298 e. The van der Waals surface area contributed by atoms with Gasteiger partial charge in [-0.1, -0.05) is 11.6 Å². The van der Waals surface area contributed by atoms with Crippen LogP contribution in [0.4, 0.5) is 5.69 Å². The molecular formula is C8H6ClNO5S. The Labute approximate surface area is 95.9 Å². The van der Waals surface area contributed by atoms with Crippen LogP contribution in [0.2, 0.25) is 5.02 Å². The number of rotatable bonds is 3. The van der Waals surface area contributed by atoms with Crippen molar-refractivity contribution in [3.63, 3.8) is 0 Å². The monoisotopic (exact) mass is 263 g/mol. The fourth-order valence-corrected chi connectivity index (χ4v) is 2.04. The van der Waals surface area contributed by atoms with Crippen LogP contribution in [0.1, 0.15) is 10.4 Å². The van der Waals surface area contributed by atoms with Crippen molar-refractivity contribution in [2.24, 2.45) is 0 Å². The highest BCUT2D eigenvalue weighted by Gasteiger charge is 2.21. The van der Waals surface area contributed by atoms with Crippen molar-refractivity contribution < 1.29 is 18.1 Å². The van der Waals surface area contributed by atoms with E-state index in [0.29, 0.717) is 0 Å². The number of aldehydes is 1. The van der Waals surface area contributed by atoms with Crippen LogP contribution < -0.4 is 0 Å². The molecule has 0 N–H and O–H groups in total. The lowest BCUT2D eigenvalue weighted by Gasteiger charge is -2.02. The zero-order chi connectivity index (χ0) is 12.5. The summed E-state index contributed by atoms with van der Waals surface area (Å²) in [5, 5.41) is 10.3. The molecule has 0 aliphatic carbocycles. The first kappa shape index (κ1) is 12.6. The quantitative estimate of drug-likeness (QED) is 0.467. The summed E-state index contributed by atoms with van der Waals surface area (Å²) >= 11 is 5.58. The molecule has 1 aromatic carbocycles. The number of nitro groups is 1. The second kappa shape index (κ2) is 4.18. The Balaban J connectivity index is 3.65. The smallest absolute Gasteiger partial charge is 0.282 e. The largest absolute Gasteiger partial charge is 0.298 e. The van der Waals surface area contributed by atoms with Crippen LogP contribution in [-0.2, 0) is 9.84 Å². The number of carbonyl (C=O) groups excluding carboxylic acids is 1. The summed E-state index contributed by atoms with van der Waals surface area (Å²) in [4.78, 5) is 20.0. The molecule has 16 heavy (non-hydrogen) atoms. The first-order chi connectivity index (χ1) is 7.27. The summed E-state index contributed by atoms with van der Waals surface area (Å²) in [6.45, 7) is 0. The lowest BCUT2D eigenvalue weighted by Crippen LogP contribution is -2.02. The van der Waals surface area contributed by atoms with E-state index in [1.165, 1.54) is 0 Å². The second-order valence-corrected chi connectivity index (χ2v) is 5.41. The Morgan fingerprint density at radius 1 is 1.44 bits per heavy atom. The Kier molecular flexibility index (Phi) is 3.30. The molecule has 0 fully saturated rings. The van der Waals surface area contributed by atoms with Crippen LogP contribution in [-0.4, -0.2) is 25.9 Å². The minimum atomic E-state index is -3.61. The second-order valence-electron chi connectivity index (χ2n) is 2.99. The molecule has 0 amide bonds. The van der Waals surface area contributed by atoms with Crippen molar-refractivity contribution in [1.29, 1.82) is 0 Å². The third-order valence-corrected chi connectivity index (χ3v) is 3.23. The van der Waals surface area contributed by atoms with Crippen LogP contribution in [0.15, 0.2) is 17.0 Å². The molecular weight excluding hydrogens is 258 g/mol. The molecule has 0 aliphatic rings. The SMILES string of the molecule is CS(=O)(=O)c1cc(Cl)c(C=O)c([N+](=O)[O-])c1. The van der Waals surface area contributed by atoms with Crippen LogP contribution >= 0.6 is 11.6 Å². The molecule has 0 radical (unpaired) electrons. The van der Waals surface area contributed by atoms with Gasteiger partial charge in [-0.15, -0.1) is 0 Å². The zero-order valence-electron chi connectivity index (χ0n) is 8.01. The van der Waals surface area contributed by atoms with E-state index in [4.69, 9.17) is 11.6 Å². The van der Waals surface area contributed by atoms with Gasteiger partial charge in [-0.3, -0.25) is 14.9 Å². The number of halogens is 1. The van der Waals surface area contributed by atoms with Gasteiger partial charge in [0.05, 0.1) is 14.8 Å². The normalized spacial score (nSPS) is 11.1. The third-order valence-electron chi connectivity index (χ3n) is 1.82. The van der Waals surface area contributed by atoms with Crippen LogP contribution in [0, 0.1) is 10.1 Å². The maximum absolute atomic E-state index is 11.2. The summed E-state index contributed by atoms with van der Waals surface area (Å²) in [5.74, 6) is 0. The van der Waals surface area contributed by atoms with Crippen molar-refractivity contribution >= 4 is 33.4 Å². The molecule has 0 unspecified atom stereocenters. The number of hydrogen-bond acceptors (Lipinski definition) is 5. The van der Waals surface area contributed by atoms with Crippen LogP contribution in [0.25, 0.3) is 0 Å². The van der Waals surface area contributed by atoms with Gasteiger partial charge in [0.15, 0.2) is 16.1 Å². The molecule has 86 valence electrons. The average Bonchev–Trinajstić information content (AvgIpc) is 2.14. The predicted octanol–water partition coefficient (Wildman–Crippen LogP) is 1.46. The van der Waals surface area contributed by atoms with E-state index >= 15 is 0 Å². The fraction of sp³-hybridized carbons (Fsp3) is 0.125. The number of nitro benzene ring substituents is 1. The molecule has 0 aliphatic heterocycles. The van der Waals surface area contributed by atoms with Crippen molar-refractivity contribution in [2.45, 2.75) is 4.90 Å². The summed E-state index contributed by atoms with van der Waals surface area (Å²) in [6, 6.07) is 1.82. The minimum absolute atomic E-state index is 0.215. The molecule has 1 aromatic rings. The van der Waals surface area contributed by atoms with Gasteiger partial charge in [-0.2, -0.15) is 0 Å². The van der Waals surface area contributed by atoms with Gasteiger partial charge in [-0.05, 0) is 6.07 Å². The topological polar surface area (TPSA) is 94.3 Å². The van der Waals surface area contributed by atoms with E-state index in [-0.39, 0.29) is 21.8 Å². The van der Waals surface area contributed by atoms with Crippen LogP contribution in [0.3, 0.4) is 0 Å². The van der Waals surface area contributed by atoms with Crippen molar-refractivity contribution in [1.82, 2.24) is 0 Å². The summed E-state index contributed by atoms with van der Waals surface area (Å²) in [5.41, 5.74) is -0.956. The number of carbonyl (C=O) groups is 1. The molecule has 1 rings (SSSR count). The molecule has 6 nitrogen and oxygen atoms in total. The fourth-order valence-electron chi connectivity index (χ4n) is 1.06. The van der Waals surface area contributed by atoms with Crippen molar-refractivity contribution in [2.75, 3.05) is 6.26 Å². The molecule has 0 atom stereocenters. The van der Waals surface area contributed by atoms with E-state index in [1.54, 1.807) is 0 Å². The van der Waals surface area contributed by atoms with E-state index in [0.717, 1.165) is 18.4 Å². The maximum atomic E-state index is 11.2. The average molecular weight is 264 g/mol. The molecule has 0 spiro atoms. The van der Waals surface area contributed by atoms with E-state index in [9.17, 15) is 23.3 Å². The zero-order valence-corrected chi connectivity index (χ0v) is 9.58. The highest BCUT2D eigenvalue weighted by atomic mass is 35.5. The number of sulfone groups is 1.